The lowest BCUT2D eigenvalue weighted by Crippen LogP contribution is -2.20. The van der Waals surface area contributed by atoms with Crippen LogP contribution in [-0.2, 0) is 4.79 Å². The van der Waals surface area contributed by atoms with E-state index < -0.39 is 0 Å². The van der Waals surface area contributed by atoms with E-state index >= 15 is 0 Å². The number of fused-ring (bicyclic) bond motifs is 1. The topological polar surface area (TPSA) is 60.5 Å². The molecule has 0 saturated heterocycles. The summed E-state index contributed by atoms with van der Waals surface area (Å²) in [7, 11) is 1.60. The van der Waals surface area contributed by atoms with Crippen molar-refractivity contribution in [2.75, 3.05) is 19.0 Å². The van der Waals surface area contributed by atoms with Gasteiger partial charge in [-0.05, 0) is 60.7 Å². The molecule has 1 heterocycles. The Kier molecular flexibility index (Phi) is 5.21. The number of benzene rings is 3. The van der Waals surface area contributed by atoms with Gasteiger partial charge in [0.2, 0.25) is 0 Å². The quantitative estimate of drug-likeness (QED) is 0.504. The van der Waals surface area contributed by atoms with E-state index in [-0.39, 0.29) is 12.5 Å². The Labute approximate surface area is 166 Å². The van der Waals surface area contributed by atoms with Gasteiger partial charge in [0.1, 0.15) is 16.5 Å². The largest absolute Gasteiger partial charge is 0.497 e. The number of anilines is 1. The Morgan fingerprint density at radius 1 is 0.964 bits per heavy atom. The zero-order chi connectivity index (χ0) is 19.3. The van der Waals surface area contributed by atoms with Crippen molar-refractivity contribution in [1.29, 1.82) is 0 Å². The number of nitrogens with one attached hydrogen (secondary N) is 1. The summed E-state index contributed by atoms with van der Waals surface area (Å²) in [6, 6.07) is 22.8. The average molecular weight is 390 g/mol. The fourth-order valence-electron chi connectivity index (χ4n) is 2.71. The van der Waals surface area contributed by atoms with Crippen LogP contribution in [0.1, 0.15) is 0 Å². The summed E-state index contributed by atoms with van der Waals surface area (Å²) in [6.07, 6.45) is 0. The van der Waals surface area contributed by atoms with Crippen LogP contribution in [0.3, 0.4) is 0 Å². The van der Waals surface area contributed by atoms with Crippen LogP contribution in [0.2, 0.25) is 0 Å². The molecule has 0 fully saturated rings. The molecule has 0 saturated carbocycles. The summed E-state index contributed by atoms with van der Waals surface area (Å²) in [4.78, 5) is 16.7. The van der Waals surface area contributed by atoms with Crippen LogP contribution in [0.5, 0.6) is 11.5 Å². The average Bonchev–Trinajstić information content (AvgIpc) is 3.17. The molecule has 0 bridgehead atoms. The molecule has 0 aliphatic carbocycles. The molecule has 1 amide bonds. The molecular weight excluding hydrogens is 372 g/mol. The van der Waals surface area contributed by atoms with Gasteiger partial charge in [-0.1, -0.05) is 12.1 Å². The molecule has 3 aromatic carbocycles. The molecule has 0 unspecified atom stereocenters. The minimum atomic E-state index is -0.222. The van der Waals surface area contributed by atoms with Crippen LogP contribution in [-0.4, -0.2) is 24.6 Å². The van der Waals surface area contributed by atoms with E-state index in [0.29, 0.717) is 11.4 Å². The molecule has 0 aliphatic heterocycles. The standard InChI is InChI=1S/C22H18N2O3S/c1-26-17-12-8-16(9-13-17)23-21(25)14-27-18-10-6-15(7-11-18)22-24-19-4-2-3-5-20(19)28-22/h2-13H,14H2,1H3,(H,23,25). The molecule has 1 aromatic heterocycles. The molecule has 140 valence electrons. The van der Waals surface area contributed by atoms with Crippen molar-refractivity contribution in [2.24, 2.45) is 0 Å². The van der Waals surface area contributed by atoms with E-state index in [1.54, 1.807) is 42.7 Å². The zero-order valence-electron chi connectivity index (χ0n) is 15.2. The minimum Gasteiger partial charge on any atom is -0.497 e. The summed E-state index contributed by atoms with van der Waals surface area (Å²) in [5.74, 6) is 1.15. The maximum absolute atomic E-state index is 12.1. The molecule has 0 atom stereocenters. The molecule has 5 nitrogen and oxygen atoms in total. The Bertz CT molecular complexity index is 1060. The van der Waals surface area contributed by atoms with Crippen LogP contribution < -0.4 is 14.8 Å². The monoisotopic (exact) mass is 390 g/mol. The molecule has 0 spiro atoms. The van der Waals surface area contributed by atoms with E-state index in [4.69, 9.17) is 9.47 Å². The molecule has 28 heavy (non-hydrogen) atoms. The highest BCUT2D eigenvalue weighted by Crippen LogP contribution is 2.30. The van der Waals surface area contributed by atoms with E-state index in [0.717, 1.165) is 26.5 Å². The number of methoxy groups -OCH3 is 1. The molecule has 4 aromatic rings. The second kappa shape index (κ2) is 8.10. The molecular formula is C22H18N2O3S. The van der Waals surface area contributed by atoms with Gasteiger partial charge < -0.3 is 14.8 Å². The minimum absolute atomic E-state index is 0.0630. The summed E-state index contributed by atoms with van der Waals surface area (Å²) < 4.78 is 11.8. The predicted octanol–water partition coefficient (Wildman–Crippen LogP) is 4.99. The first-order chi connectivity index (χ1) is 13.7. The lowest BCUT2D eigenvalue weighted by atomic mass is 10.2. The Hall–Kier alpha value is -3.38. The van der Waals surface area contributed by atoms with Crippen LogP contribution in [0.4, 0.5) is 5.69 Å². The normalized spacial score (nSPS) is 10.6. The summed E-state index contributed by atoms with van der Waals surface area (Å²) in [5, 5.41) is 3.75. The number of hydrogen-bond donors (Lipinski definition) is 1. The first-order valence-electron chi connectivity index (χ1n) is 8.74. The summed E-state index contributed by atoms with van der Waals surface area (Å²) >= 11 is 1.65. The van der Waals surface area contributed by atoms with Crippen molar-refractivity contribution in [1.82, 2.24) is 4.98 Å². The number of carbonyl (C=O) groups excluding carboxylic acids is 1. The lowest BCUT2D eigenvalue weighted by molar-refractivity contribution is -0.118. The fourth-order valence-corrected chi connectivity index (χ4v) is 3.68. The highest BCUT2D eigenvalue weighted by molar-refractivity contribution is 7.21. The molecule has 4 rings (SSSR count). The summed E-state index contributed by atoms with van der Waals surface area (Å²) in [6.45, 7) is -0.0630. The Morgan fingerprint density at radius 3 is 2.39 bits per heavy atom. The molecule has 1 N–H and O–H groups in total. The van der Waals surface area contributed by atoms with E-state index in [1.165, 1.54) is 0 Å². The number of ether oxygens (including phenoxy) is 2. The van der Waals surface area contributed by atoms with Gasteiger partial charge >= 0.3 is 0 Å². The fraction of sp³-hybridized carbons (Fsp3) is 0.0909. The number of rotatable bonds is 6. The highest BCUT2D eigenvalue weighted by Gasteiger charge is 2.07. The van der Waals surface area contributed by atoms with Gasteiger partial charge in [-0.25, -0.2) is 4.98 Å². The van der Waals surface area contributed by atoms with Gasteiger partial charge in [0.15, 0.2) is 6.61 Å². The van der Waals surface area contributed by atoms with E-state index in [9.17, 15) is 4.79 Å². The number of hydrogen-bond acceptors (Lipinski definition) is 5. The maximum atomic E-state index is 12.1. The number of para-hydroxylation sites is 1. The van der Waals surface area contributed by atoms with Gasteiger partial charge in [0.05, 0.1) is 17.3 Å². The number of thiazole rings is 1. The third-order valence-corrected chi connectivity index (χ3v) is 5.22. The third kappa shape index (κ3) is 4.13. The number of nitrogens with zero attached hydrogens (tertiary/aromatic N) is 1. The molecule has 0 radical (unpaired) electrons. The second-order valence-corrected chi connectivity index (χ2v) is 7.11. The van der Waals surface area contributed by atoms with Crippen LogP contribution >= 0.6 is 11.3 Å². The van der Waals surface area contributed by atoms with E-state index in [1.807, 2.05) is 42.5 Å². The number of amides is 1. The van der Waals surface area contributed by atoms with Crippen molar-refractivity contribution in [2.45, 2.75) is 0 Å². The van der Waals surface area contributed by atoms with Crippen molar-refractivity contribution < 1.29 is 14.3 Å². The van der Waals surface area contributed by atoms with Gasteiger partial charge in [-0.15, -0.1) is 11.3 Å². The van der Waals surface area contributed by atoms with Crippen molar-refractivity contribution in [3.05, 3.63) is 72.8 Å². The van der Waals surface area contributed by atoms with Gasteiger partial charge in [-0.2, -0.15) is 0 Å². The second-order valence-electron chi connectivity index (χ2n) is 6.08. The SMILES string of the molecule is COc1ccc(NC(=O)COc2ccc(-c3nc4ccccc4s3)cc2)cc1. The van der Waals surface area contributed by atoms with Crippen LogP contribution in [0.25, 0.3) is 20.8 Å². The Balaban J connectivity index is 1.35. The van der Waals surface area contributed by atoms with Gasteiger partial charge in [0, 0.05) is 11.3 Å². The number of carbonyl (C=O) groups is 1. The number of aromatic nitrogens is 1. The van der Waals surface area contributed by atoms with E-state index in [2.05, 4.69) is 16.4 Å². The molecule has 6 heteroatoms. The highest BCUT2D eigenvalue weighted by atomic mass is 32.1. The predicted molar refractivity (Wildman–Crippen MR) is 112 cm³/mol. The smallest absolute Gasteiger partial charge is 0.262 e. The zero-order valence-corrected chi connectivity index (χ0v) is 16.0. The lowest BCUT2D eigenvalue weighted by Gasteiger charge is -2.08. The van der Waals surface area contributed by atoms with Crippen molar-refractivity contribution in [3.8, 4) is 22.1 Å². The maximum Gasteiger partial charge on any atom is 0.262 e. The van der Waals surface area contributed by atoms with Crippen molar-refractivity contribution >= 4 is 33.1 Å². The van der Waals surface area contributed by atoms with Crippen molar-refractivity contribution in [3.63, 3.8) is 0 Å². The first-order valence-corrected chi connectivity index (χ1v) is 9.55. The first kappa shape index (κ1) is 18.0. The molecule has 0 aliphatic rings. The van der Waals surface area contributed by atoms with Gasteiger partial charge in [-0.3, -0.25) is 4.79 Å². The summed E-state index contributed by atoms with van der Waals surface area (Å²) in [5.41, 5.74) is 2.72. The van der Waals surface area contributed by atoms with Gasteiger partial charge in [0.25, 0.3) is 5.91 Å². The van der Waals surface area contributed by atoms with Crippen LogP contribution in [0, 0.1) is 0 Å². The Morgan fingerprint density at radius 2 is 1.68 bits per heavy atom. The van der Waals surface area contributed by atoms with Crippen LogP contribution in [0.15, 0.2) is 72.8 Å². The third-order valence-electron chi connectivity index (χ3n) is 4.14.